The summed E-state index contributed by atoms with van der Waals surface area (Å²) in [7, 11) is 1.82. The normalized spacial score (nSPS) is 10.7. The molecular formula is C16H14N2O3. The molecule has 0 fully saturated rings. The molecule has 1 aromatic heterocycles. The Morgan fingerprint density at radius 1 is 1.24 bits per heavy atom. The number of hydrogen-bond acceptors (Lipinski definition) is 3. The van der Waals surface area contributed by atoms with E-state index in [-0.39, 0.29) is 12.2 Å². The van der Waals surface area contributed by atoms with Crippen LogP contribution >= 0.6 is 0 Å². The highest BCUT2D eigenvalue weighted by molar-refractivity contribution is 6.06. The molecule has 5 nitrogen and oxygen atoms in total. The van der Waals surface area contributed by atoms with Crippen molar-refractivity contribution in [2.24, 2.45) is 7.05 Å². The molecule has 0 saturated heterocycles. The highest BCUT2D eigenvalue weighted by Gasteiger charge is 2.15. The van der Waals surface area contributed by atoms with Gasteiger partial charge in [-0.05, 0) is 22.9 Å². The molecule has 2 aromatic carbocycles. The van der Waals surface area contributed by atoms with Crippen molar-refractivity contribution in [3.8, 4) is 5.75 Å². The Bertz CT molecular complexity index is 808. The number of aryl methyl sites for hydroxylation is 1. The van der Waals surface area contributed by atoms with Crippen molar-refractivity contribution >= 4 is 16.7 Å². The van der Waals surface area contributed by atoms with Gasteiger partial charge in [-0.25, -0.2) is 4.79 Å². The van der Waals surface area contributed by atoms with Crippen LogP contribution in [0.5, 0.6) is 5.75 Å². The van der Waals surface area contributed by atoms with Crippen LogP contribution in [0.15, 0.2) is 48.7 Å². The average molecular weight is 282 g/mol. The topological polar surface area (TPSA) is 64.3 Å². The molecule has 0 bridgehead atoms. The third-order valence-corrected chi connectivity index (χ3v) is 3.25. The Morgan fingerprint density at radius 2 is 2.05 bits per heavy atom. The SMILES string of the molecule is Cn1ccc(COc2ccc3ccccc3c2C(=O)O)n1. The third kappa shape index (κ3) is 2.58. The van der Waals surface area contributed by atoms with Gasteiger partial charge in [0.25, 0.3) is 0 Å². The second kappa shape index (κ2) is 5.28. The monoisotopic (exact) mass is 282 g/mol. The van der Waals surface area contributed by atoms with Crippen molar-refractivity contribution in [3.05, 3.63) is 59.9 Å². The summed E-state index contributed by atoms with van der Waals surface area (Å²) in [5, 5.41) is 15.2. The van der Waals surface area contributed by atoms with E-state index in [2.05, 4.69) is 5.10 Å². The van der Waals surface area contributed by atoms with Gasteiger partial charge < -0.3 is 9.84 Å². The van der Waals surface area contributed by atoms with Crippen LogP contribution in [0.1, 0.15) is 16.1 Å². The van der Waals surface area contributed by atoms with Crippen molar-refractivity contribution in [2.45, 2.75) is 6.61 Å². The molecule has 0 unspecified atom stereocenters. The predicted octanol–water partition coefficient (Wildman–Crippen LogP) is 2.85. The maximum absolute atomic E-state index is 11.6. The molecule has 0 aliphatic carbocycles. The lowest BCUT2D eigenvalue weighted by atomic mass is 10.0. The number of rotatable bonds is 4. The largest absolute Gasteiger partial charge is 0.486 e. The summed E-state index contributed by atoms with van der Waals surface area (Å²) in [6, 6.07) is 12.7. The minimum atomic E-state index is -0.997. The molecule has 3 aromatic rings. The van der Waals surface area contributed by atoms with Crippen LogP contribution in [0, 0.1) is 0 Å². The molecule has 0 aliphatic heterocycles. The Hall–Kier alpha value is -2.82. The van der Waals surface area contributed by atoms with E-state index in [0.717, 1.165) is 11.1 Å². The number of carbonyl (C=O) groups is 1. The number of hydrogen-bond donors (Lipinski definition) is 1. The fourth-order valence-corrected chi connectivity index (χ4v) is 2.28. The van der Waals surface area contributed by atoms with Gasteiger partial charge in [0.1, 0.15) is 17.9 Å². The summed E-state index contributed by atoms with van der Waals surface area (Å²) in [6.07, 6.45) is 1.82. The van der Waals surface area contributed by atoms with Gasteiger partial charge in [-0.2, -0.15) is 5.10 Å². The number of carboxylic acids is 1. The maximum Gasteiger partial charge on any atom is 0.340 e. The Balaban J connectivity index is 1.97. The van der Waals surface area contributed by atoms with Crippen molar-refractivity contribution < 1.29 is 14.6 Å². The zero-order chi connectivity index (χ0) is 14.8. The lowest BCUT2D eigenvalue weighted by Gasteiger charge is -2.10. The third-order valence-electron chi connectivity index (χ3n) is 3.25. The number of ether oxygens (including phenoxy) is 1. The molecule has 3 rings (SSSR count). The van der Waals surface area contributed by atoms with Crippen LogP contribution < -0.4 is 4.74 Å². The highest BCUT2D eigenvalue weighted by Crippen LogP contribution is 2.28. The quantitative estimate of drug-likeness (QED) is 0.799. The van der Waals surface area contributed by atoms with E-state index in [1.54, 1.807) is 16.8 Å². The van der Waals surface area contributed by atoms with E-state index < -0.39 is 5.97 Å². The molecule has 5 heteroatoms. The Morgan fingerprint density at radius 3 is 2.76 bits per heavy atom. The first-order chi connectivity index (χ1) is 10.1. The van der Waals surface area contributed by atoms with E-state index in [9.17, 15) is 9.90 Å². The standard InChI is InChI=1S/C16H14N2O3/c1-18-9-8-12(17-18)10-21-14-7-6-11-4-2-3-5-13(11)15(14)16(19)20/h2-9H,10H2,1H3,(H,19,20). The first-order valence-corrected chi connectivity index (χ1v) is 6.51. The van der Waals surface area contributed by atoms with E-state index in [4.69, 9.17) is 4.74 Å². The van der Waals surface area contributed by atoms with Crippen LogP contribution in [0.3, 0.4) is 0 Å². The van der Waals surface area contributed by atoms with Gasteiger partial charge in [-0.15, -0.1) is 0 Å². The van der Waals surface area contributed by atoms with Crippen LogP contribution in [0.4, 0.5) is 0 Å². The van der Waals surface area contributed by atoms with Crippen molar-refractivity contribution in [2.75, 3.05) is 0 Å². The maximum atomic E-state index is 11.6. The van der Waals surface area contributed by atoms with Crippen molar-refractivity contribution in [3.63, 3.8) is 0 Å². The predicted molar refractivity (Wildman–Crippen MR) is 78.4 cm³/mol. The number of aromatic carboxylic acids is 1. The molecule has 1 N–H and O–H groups in total. The smallest absolute Gasteiger partial charge is 0.340 e. The average Bonchev–Trinajstić information content (AvgIpc) is 2.89. The Kier molecular flexibility index (Phi) is 3.31. The number of benzene rings is 2. The van der Waals surface area contributed by atoms with Gasteiger partial charge in [0.05, 0.1) is 5.69 Å². The van der Waals surface area contributed by atoms with Gasteiger partial charge in [0, 0.05) is 13.2 Å². The van der Waals surface area contributed by atoms with Gasteiger partial charge in [0.2, 0.25) is 0 Å². The molecule has 0 radical (unpaired) electrons. The molecule has 0 amide bonds. The van der Waals surface area contributed by atoms with Crippen LogP contribution in [-0.2, 0) is 13.7 Å². The summed E-state index contributed by atoms with van der Waals surface area (Å²) in [5.74, 6) is -0.644. The van der Waals surface area contributed by atoms with E-state index in [1.807, 2.05) is 43.6 Å². The van der Waals surface area contributed by atoms with Gasteiger partial charge in [-0.3, -0.25) is 4.68 Å². The summed E-state index contributed by atoms with van der Waals surface area (Å²) in [6.45, 7) is 0.236. The molecule has 21 heavy (non-hydrogen) atoms. The van der Waals surface area contributed by atoms with E-state index in [0.29, 0.717) is 11.1 Å². The number of fused-ring (bicyclic) bond motifs is 1. The Labute approximate surface area is 121 Å². The molecule has 106 valence electrons. The van der Waals surface area contributed by atoms with Gasteiger partial charge in [0.15, 0.2) is 0 Å². The number of nitrogens with zero attached hydrogens (tertiary/aromatic N) is 2. The van der Waals surface area contributed by atoms with Crippen molar-refractivity contribution in [1.29, 1.82) is 0 Å². The molecule has 0 spiro atoms. The second-order valence-corrected chi connectivity index (χ2v) is 4.73. The van der Waals surface area contributed by atoms with Crippen LogP contribution in [0.25, 0.3) is 10.8 Å². The first-order valence-electron chi connectivity index (χ1n) is 6.51. The summed E-state index contributed by atoms with van der Waals surface area (Å²) < 4.78 is 7.33. The molecular weight excluding hydrogens is 268 g/mol. The minimum absolute atomic E-state index is 0.184. The molecule has 0 saturated carbocycles. The minimum Gasteiger partial charge on any atom is -0.486 e. The van der Waals surface area contributed by atoms with Crippen LogP contribution in [-0.4, -0.2) is 20.9 Å². The fourth-order valence-electron chi connectivity index (χ4n) is 2.28. The van der Waals surface area contributed by atoms with Crippen molar-refractivity contribution in [1.82, 2.24) is 9.78 Å². The van der Waals surface area contributed by atoms with Crippen LogP contribution in [0.2, 0.25) is 0 Å². The second-order valence-electron chi connectivity index (χ2n) is 4.73. The van der Waals surface area contributed by atoms with E-state index >= 15 is 0 Å². The molecule has 0 atom stereocenters. The molecule has 1 heterocycles. The summed E-state index contributed by atoms with van der Waals surface area (Å²) >= 11 is 0. The van der Waals surface area contributed by atoms with Gasteiger partial charge >= 0.3 is 5.97 Å². The zero-order valence-corrected chi connectivity index (χ0v) is 11.5. The number of aromatic nitrogens is 2. The summed E-state index contributed by atoms with van der Waals surface area (Å²) in [4.78, 5) is 11.6. The lowest BCUT2D eigenvalue weighted by Crippen LogP contribution is -2.05. The zero-order valence-electron chi connectivity index (χ0n) is 11.5. The highest BCUT2D eigenvalue weighted by atomic mass is 16.5. The summed E-state index contributed by atoms with van der Waals surface area (Å²) in [5.41, 5.74) is 0.936. The lowest BCUT2D eigenvalue weighted by molar-refractivity contribution is 0.0694. The van der Waals surface area contributed by atoms with Gasteiger partial charge in [-0.1, -0.05) is 30.3 Å². The molecule has 0 aliphatic rings. The number of carboxylic acid groups (broad SMARTS) is 1. The first kappa shape index (κ1) is 13.2. The fraction of sp³-hybridized carbons (Fsp3) is 0.125. The van der Waals surface area contributed by atoms with E-state index in [1.165, 1.54) is 0 Å².